The smallest absolute Gasteiger partial charge is 0.332 e. The van der Waals surface area contributed by atoms with E-state index in [0.29, 0.717) is 17.1 Å². The maximum Gasteiger partial charge on any atom is 0.332 e. The van der Waals surface area contributed by atoms with Crippen molar-refractivity contribution in [2.45, 2.75) is 18.9 Å². The van der Waals surface area contributed by atoms with Crippen molar-refractivity contribution in [2.75, 3.05) is 18.4 Å². The van der Waals surface area contributed by atoms with Crippen molar-refractivity contribution < 1.29 is 0 Å². The largest absolute Gasteiger partial charge is 0.352 e. The Hall–Kier alpha value is -2.09. The van der Waals surface area contributed by atoms with Gasteiger partial charge < -0.3 is 15.6 Å². The van der Waals surface area contributed by atoms with Crippen LogP contribution in [0.2, 0.25) is 0 Å². The number of hydrogen-bond acceptors (Lipinski definition) is 5. The second kappa shape index (κ2) is 4.78. The fourth-order valence-corrected chi connectivity index (χ4v) is 2.56. The molecular formula is C12H18N6O2. The second-order valence-corrected chi connectivity index (χ2v) is 5.18. The molecule has 20 heavy (non-hydrogen) atoms. The van der Waals surface area contributed by atoms with Gasteiger partial charge in [-0.3, -0.25) is 13.9 Å². The van der Waals surface area contributed by atoms with Crippen molar-refractivity contribution in [3.8, 4) is 0 Å². The van der Waals surface area contributed by atoms with Gasteiger partial charge in [-0.15, -0.1) is 0 Å². The number of H-pyrrole nitrogens is 1. The molecular weight excluding hydrogens is 260 g/mol. The minimum Gasteiger partial charge on any atom is -0.352 e. The zero-order valence-corrected chi connectivity index (χ0v) is 11.6. The van der Waals surface area contributed by atoms with Gasteiger partial charge in [0.05, 0.1) is 0 Å². The highest BCUT2D eigenvalue weighted by Crippen LogP contribution is 2.12. The molecule has 3 rings (SSSR count). The van der Waals surface area contributed by atoms with E-state index in [1.807, 2.05) is 0 Å². The molecule has 108 valence electrons. The van der Waals surface area contributed by atoms with Crippen LogP contribution < -0.4 is 21.9 Å². The van der Waals surface area contributed by atoms with Crippen LogP contribution in [0.1, 0.15) is 12.8 Å². The zero-order chi connectivity index (χ0) is 14.3. The van der Waals surface area contributed by atoms with E-state index in [1.165, 1.54) is 11.6 Å². The lowest BCUT2D eigenvalue weighted by Crippen LogP contribution is -2.38. The number of hydrogen-bond donors (Lipinski definition) is 3. The van der Waals surface area contributed by atoms with Gasteiger partial charge in [-0.1, -0.05) is 0 Å². The Bertz CT molecular complexity index is 750. The minimum absolute atomic E-state index is 0.283. The zero-order valence-electron chi connectivity index (χ0n) is 11.6. The Kier molecular flexibility index (Phi) is 3.09. The molecule has 1 saturated heterocycles. The first-order valence-corrected chi connectivity index (χ1v) is 6.71. The van der Waals surface area contributed by atoms with Crippen LogP contribution in [0.4, 0.5) is 5.95 Å². The summed E-state index contributed by atoms with van der Waals surface area (Å²) in [6, 6.07) is 0.283. The van der Waals surface area contributed by atoms with Gasteiger partial charge in [0, 0.05) is 26.7 Å². The highest BCUT2D eigenvalue weighted by Gasteiger charge is 2.17. The number of aromatic amines is 1. The summed E-state index contributed by atoms with van der Waals surface area (Å²) in [6.45, 7) is 1.90. The summed E-state index contributed by atoms with van der Waals surface area (Å²) in [5, 5.41) is 6.58. The molecule has 1 atom stereocenters. The molecule has 2 aromatic rings. The number of imidazole rings is 1. The lowest BCUT2D eigenvalue weighted by molar-refractivity contribution is 0.478. The van der Waals surface area contributed by atoms with Crippen LogP contribution >= 0.6 is 0 Å². The first-order chi connectivity index (χ1) is 9.58. The molecule has 0 amide bonds. The molecule has 1 unspecified atom stereocenters. The summed E-state index contributed by atoms with van der Waals surface area (Å²) in [5.74, 6) is 0.534. The first kappa shape index (κ1) is 12.9. The van der Waals surface area contributed by atoms with Gasteiger partial charge >= 0.3 is 5.69 Å². The van der Waals surface area contributed by atoms with Gasteiger partial charge in [0.15, 0.2) is 11.2 Å². The Balaban J connectivity index is 2.02. The quantitative estimate of drug-likeness (QED) is 0.663. The van der Waals surface area contributed by atoms with Crippen LogP contribution in [0, 0.1) is 0 Å². The molecule has 0 saturated carbocycles. The third-order valence-electron chi connectivity index (χ3n) is 3.73. The highest BCUT2D eigenvalue weighted by atomic mass is 16.2. The van der Waals surface area contributed by atoms with Crippen LogP contribution in [0.15, 0.2) is 9.59 Å². The van der Waals surface area contributed by atoms with Gasteiger partial charge in [-0.05, 0) is 19.4 Å². The molecule has 8 nitrogen and oxygen atoms in total. The van der Waals surface area contributed by atoms with Crippen molar-refractivity contribution in [3.05, 3.63) is 20.8 Å². The van der Waals surface area contributed by atoms with Gasteiger partial charge in [-0.2, -0.15) is 4.98 Å². The third kappa shape index (κ3) is 2.01. The van der Waals surface area contributed by atoms with Gasteiger partial charge in [0.1, 0.15) is 0 Å². The number of aryl methyl sites for hydroxylation is 1. The summed E-state index contributed by atoms with van der Waals surface area (Å²) in [5.41, 5.74) is -0.00413. The molecule has 0 radical (unpaired) electrons. The van der Waals surface area contributed by atoms with E-state index in [0.717, 1.165) is 30.5 Å². The van der Waals surface area contributed by atoms with Gasteiger partial charge in [0.25, 0.3) is 5.56 Å². The average molecular weight is 278 g/mol. The number of fused-ring (bicyclic) bond motifs is 1. The van der Waals surface area contributed by atoms with E-state index in [1.54, 1.807) is 7.05 Å². The van der Waals surface area contributed by atoms with Crippen LogP contribution in [-0.4, -0.2) is 38.2 Å². The second-order valence-electron chi connectivity index (χ2n) is 5.18. The predicted octanol–water partition coefficient (Wildman–Crippen LogP) is -0.876. The molecule has 0 aromatic carbocycles. The number of nitrogens with one attached hydrogen (secondary N) is 3. The standard InChI is InChI=1S/C12H18N6O2/c1-17-9-8(10(19)18(2)12(17)20)15-11(16-9)14-7-4-3-5-13-6-7/h7,13H,3-6H2,1-2H3,(H2,14,15,16). The Labute approximate surface area is 114 Å². The van der Waals surface area contributed by atoms with Crippen LogP contribution in [0.5, 0.6) is 0 Å². The summed E-state index contributed by atoms with van der Waals surface area (Å²) in [4.78, 5) is 31.2. The fraction of sp³-hybridized carbons (Fsp3) is 0.583. The van der Waals surface area contributed by atoms with E-state index in [2.05, 4.69) is 20.6 Å². The van der Waals surface area contributed by atoms with Crippen molar-refractivity contribution in [1.29, 1.82) is 0 Å². The lowest BCUT2D eigenvalue weighted by atomic mass is 10.1. The van der Waals surface area contributed by atoms with E-state index in [4.69, 9.17) is 0 Å². The molecule has 1 aliphatic heterocycles. The summed E-state index contributed by atoms with van der Waals surface area (Å²) in [6.07, 6.45) is 2.17. The fourth-order valence-electron chi connectivity index (χ4n) is 2.56. The summed E-state index contributed by atoms with van der Waals surface area (Å²) in [7, 11) is 3.07. The molecule has 8 heteroatoms. The molecule has 3 heterocycles. The Morgan fingerprint density at radius 1 is 1.30 bits per heavy atom. The van der Waals surface area contributed by atoms with E-state index in [9.17, 15) is 9.59 Å². The number of anilines is 1. The Morgan fingerprint density at radius 3 is 2.80 bits per heavy atom. The number of rotatable bonds is 2. The maximum atomic E-state index is 12.0. The van der Waals surface area contributed by atoms with Crippen molar-refractivity contribution in [3.63, 3.8) is 0 Å². The van der Waals surface area contributed by atoms with Crippen molar-refractivity contribution >= 4 is 17.1 Å². The summed E-state index contributed by atoms with van der Waals surface area (Å²) < 4.78 is 2.45. The topological polar surface area (TPSA) is 96.7 Å². The predicted molar refractivity (Wildman–Crippen MR) is 76.1 cm³/mol. The Morgan fingerprint density at radius 2 is 2.10 bits per heavy atom. The SMILES string of the molecule is Cn1c(=O)c2[nH]c(NC3CCCNC3)nc2n(C)c1=O. The highest BCUT2D eigenvalue weighted by molar-refractivity contribution is 5.72. The number of aromatic nitrogens is 4. The molecule has 3 N–H and O–H groups in total. The molecule has 0 bridgehead atoms. The van der Waals surface area contributed by atoms with E-state index < -0.39 is 0 Å². The molecule has 2 aromatic heterocycles. The normalized spacial score (nSPS) is 19.4. The molecule has 0 aliphatic carbocycles. The number of nitrogens with zero attached hydrogens (tertiary/aromatic N) is 3. The molecule has 0 spiro atoms. The first-order valence-electron chi connectivity index (χ1n) is 6.71. The van der Waals surface area contributed by atoms with E-state index >= 15 is 0 Å². The van der Waals surface area contributed by atoms with Gasteiger partial charge in [-0.25, -0.2) is 4.79 Å². The lowest BCUT2D eigenvalue weighted by Gasteiger charge is -2.23. The molecule has 1 fully saturated rings. The van der Waals surface area contributed by atoms with Crippen molar-refractivity contribution in [1.82, 2.24) is 24.4 Å². The average Bonchev–Trinajstić information content (AvgIpc) is 2.88. The van der Waals surface area contributed by atoms with Gasteiger partial charge in [0.2, 0.25) is 5.95 Å². The third-order valence-corrected chi connectivity index (χ3v) is 3.73. The van der Waals surface area contributed by atoms with Crippen LogP contribution in [0.3, 0.4) is 0 Å². The van der Waals surface area contributed by atoms with Crippen molar-refractivity contribution in [2.24, 2.45) is 14.1 Å². The minimum atomic E-state index is -0.375. The van der Waals surface area contributed by atoms with Crippen LogP contribution in [0.25, 0.3) is 11.2 Å². The molecule has 1 aliphatic rings. The summed E-state index contributed by atoms with van der Waals surface area (Å²) >= 11 is 0. The monoisotopic (exact) mass is 278 g/mol. The maximum absolute atomic E-state index is 12.0. The van der Waals surface area contributed by atoms with E-state index in [-0.39, 0.29) is 17.3 Å². The number of piperidine rings is 1. The van der Waals surface area contributed by atoms with Crippen LogP contribution in [-0.2, 0) is 14.1 Å².